The van der Waals surface area contributed by atoms with Gasteiger partial charge in [-0.25, -0.2) is 17.8 Å². The standard InChI is InChI=1S/C19H16FN3O3S/c1-13-10-11-21-18(12-13)22-19(24)14-2-6-16(7-3-14)23-27(25,26)17-8-4-15(20)5-9-17/h2-12,23H,1H3,(H,21,22,24). The van der Waals surface area contributed by atoms with Crippen LogP contribution in [0.4, 0.5) is 15.9 Å². The average molecular weight is 385 g/mol. The molecule has 27 heavy (non-hydrogen) atoms. The maximum atomic E-state index is 12.9. The summed E-state index contributed by atoms with van der Waals surface area (Å²) in [5.74, 6) is -0.449. The third kappa shape index (κ3) is 4.68. The Hall–Kier alpha value is -3.26. The van der Waals surface area contributed by atoms with Gasteiger partial charge in [0, 0.05) is 17.4 Å². The Morgan fingerprint density at radius 1 is 1.00 bits per heavy atom. The van der Waals surface area contributed by atoms with Gasteiger partial charge < -0.3 is 5.32 Å². The molecule has 2 aromatic carbocycles. The molecular formula is C19H16FN3O3S. The van der Waals surface area contributed by atoms with Crippen LogP contribution < -0.4 is 10.0 Å². The summed E-state index contributed by atoms with van der Waals surface area (Å²) in [6, 6.07) is 14.0. The van der Waals surface area contributed by atoms with Gasteiger partial charge in [0.05, 0.1) is 4.90 Å². The van der Waals surface area contributed by atoms with E-state index in [0.717, 1.165) is 17.7 Å². The van der Waals surface area contributed by atoms with Crippen LogP contribution in [0, 0.1) is 12.7 Å². The Morgan fingerprint density at radius 3 is 2.30 bits per heavy atom. The maximum Gasteiger partial charge on any atom is 0.261 e. The van der Waals surface area contributed by atoms with Crippen molar-refractivity contribution in [2.24, 2.45) is 0 Å². The fraction of sp³-hybridized carbons (Fsp3) is 0.0526. The average Bonchev–Trinajstić information content (AvgIpc) is 2.62. The van der Waals surface area contributed by atoms with Gasteiger partial charge in [-0.1, -0.05) is 0 Å². The van der Waals surface area contributed by atoms with Crippen LogP contribution in [-0.4, -0.2) is 19.3 Å². The predicted octanol–water partition coefficient (Wildman–Crippen LogP) is 3.58. The number of aromatic nitrogens is 1. The molecule has 0 unspecified atom stereocenters. The summed E-state index contributed by atoms with van der Waals surface area (Å²) < 4.78 is 39.9. The van der Waals surface area contributed by atoms with Crippen LogP contribution >= 0.6 is 0 Å². The first-order chi connectivity index (χ1) is 12.8. The number of hydrogen-bond donors (Lipinski definition) is 2. The number of carbonyl (C=O) groups excluding carboxylic acids is 1. The van der Waals surface area contributed by atoms with Crippen LogP contribution in [0.5, 0.6) is 0 Å². The fourth-order valence-electron chi connectivity index (χ4n) is 2.31. The molecule has 0 radical (unpaired) electrons. The summed E-state index contributed by atoms with van der Waals surface area (Å²) in [6.45, 7) is 1.89. The van der Waals surface area contributed by atoms with Crippen LogP contribution in [0.2, 0.25) is 0 Å². The smallest absolute Gasteiger partial charge is 0.261 e. The minimum Gasteiger partial charge on any atom is -0.307 e. The van der Waals surface area contributed by atoms with E-state index in [1.807, 2.05) is 13.0 Å². The van der Waals surface area contributed by atoms with Crippen molar-refractivity contribution in [2.45, 2.75) is 11.8 Å². The Kier molecular flexibility index (Phi) is 5.18. The van der Waals surface area contributed by atoms with Gasteiger partial charge in [-0.3, -0.25) is 9.52 Å². The van der Waals surface area contributed by atoms with E-state index in [0.29, 0.717) is 11.4 Å². The normalized spacial score (nSPS) is 11.0. The summed E-state index contributed by atoms with van der Waals surface area (Å²) >= 11 is 0. The molecule has 2 N–H and O–H groups in total. The van der Waals surface area contributed by atoms with Gasteiger partial charge in [0.15, 0.2) is 0 Å². The highest BCUT2D eigenvalue weighted by Gasteiger charge is 2.14. The highest BCUT2D eigenvalue weighted by molar-refractivity contribution is 7.92. The topological polar surface area (TPSA) is 88.2 Å². The number of hydrogen-bond acceptors (Lipinski definition) is 4. The minimum atomic E-state index is -3.84. The molecule has 8 heteroatoms. The van der Waals surface area contributed by atoms with Crippen molar-refractivity contribution in [1.82, 2.24) is 4.98 Å². The molecule has 1 amide bonds. The molecule has 0 aliphatic carbocycles. The van der Waals surface area contributed by atoms with Crippen molar-refractivity contribution >= 4 is 27.4 Å². The molecular weight excluding hydrogens is 369 g/mol. The first-order valence-electron chi connectivity index (χ1n) is 7.96. The lowest BCUT2D eigenvalue weighted by Crippen LogP contribution is -2.14. The van der Waals surface area contributed by atoms with Crippen molar-refractivity contribution in [3.63, 3.8) is 0 Å². The van der Waals surface area contributed by atoms with Crippen molar-refractivity contribution in [2.75, 3.05) is 10.0 Å². The molecule has 0 saturated carbocycles. The zero-order chi connectivity index (χ0) is 19.4. The Labute approximate surface area is 156 Å². The van der Waals surface area contributed by atoms with Gasteiger partial charge in [-0.15, -0.1) is 0 Å². The number of carbonyl (C=O) groups is 1. The number of sulfonamides is 1. The van der Waals surface area contributed by atoms with E-state index in [4.69, 9.17) is 0 Å². The molecule has 0 aliphatic rings. The highest BCUT2D eigenvalue weighted by atomic mass is 32.2. The van der Waals surface area contributed by atoms with Crippen molar-refractivity contribution in [3.8, 4) is 0 Å². The second-order valence-corrected chi connectivity index (χ2v) is 7.49. The zero-order valence-electron chi connectivity index (χ0n) is 14.3. The van der Waals surface area contributed by atoms with Crippen molar-refractivity contribution < 1.29 is 17.6 Å². The van der Waals surface area contributed by atoms with Crippen LogP contribution in [0.25, 0.3) is 0 Å². The lowest BCUT2D eigenvalue weighted by atomic mass is 10.2. The molecule has 3 aromatic rings. The van der Waals surface area contributed by atoms with Crippen molar-refractivity contribution in [3.05, 3.63) is 83.8 Å². The second kappa shape index (κ2) is 7.55. The van der Waals surface area contributed by atoms with Gasteiger partial charge in [0.25, 0.3) is 15.9 Å². The van der Waals surface area contributed by atoms with E-state index in [1.165, 1.54) is 36.4 Å². The zero-order valence-corrected chi connectivity index (χ0v) is 15.1. The van der Waals surface area contributed by atoms with Gasteiger partial charge in [0.1, 0.15) is 11.6 Å². The van der Waals surface area contributed by atoms with Crippen LogP contribution in [0.15, 0.2) is 71.8 Å². The number of rotatable bonds is 5. The lowest BCUT2D eigenvalue weighted by molar-refractivity contribution is 0.102. The van der Waals surface area contributed by atoms with E-state index in [9.17, 15) is 17.6 Å². The number of halogens is 1. The first kappa shape index (κ1) is 18.5. The molecule has 0 spiro atoms. The molecule has 6 nitrogen and oxygen atoms in total. The number of aryl methyl sites for hydroxylation is 1. The second-order valence-electron chi connectivity index (χ2n) is 5.81. The fourth-order valence-corrected chi connectivity index (χ4v) is 3.37. The van der Waals surface area contributed by atoms with E-state index in [1.54, 1.807) is 12.3 Å². The van der Waals surface area contributed by atoms with Crippen LogP contribution in [0.1, 0.15) is 15.9 Å². The Bertz CT molecular complexity index is 1070. The predicted molar refractivity (Wildman–Crippen MR) is 101 cm³/mol. The SMILES string of the molecule is Cc1ccnc(NC(=O)c2ccc(NS(=O)(=O)c3ccc(F)cc3)cc2)c1. The first-order valence-corrected chi connectivity index (χ1v) is 9.44. The molecule has 1 aromatic heterocycles. The molecule has 0 aliphatic heterocycles. The Balaban J connectivity index is 1.71. The number of benzene rings is 2. The molecule has 0 atom stereocenters. The molecule has 3 rings (SSSR count). The molecule has 1 heterocycles. The number of amides is 1. The molecule has 0 saturated heterocycles. The summed E-state index contributed by atoms with van der Waals surface area (Å²) in [5, 5.41) is 2.67. The molecule has 0 bridgehead atoms. The third-order valence-corrected chi connectivity index (χ3v) is 5.08. The van der Waals surface area contributed by atoms with E-state index < -0.39 is 15.8 Å². The highest BCUT2D eigenvalue weighted by Crippen LogP contribution is 2.17. The summed E-state index contributed by atoms with van der Waals surface area (Å²) in [5.41, 5.74) is 1.60. The van der Waals surface area contributed by atoms with E-state index >= 15 is 0 Å². The van der Waals surface area contributed by atoms with Gasteiger partial charge in [0.2, 0.25) is 0 Å². The Morgan fingerprint density at radius 2 is 1.67 bits per heavy atom. The third-order valence-electron chi connectivity index (χ3n) is 3.68. The number of nitrogens with one attached hydrogen (secondary N) is 2. The lowest BCUT2D eigenvalue weighted by Gasteiger charge is -2.09. The largest absolute Gasteiger partial charge is 0.307 e. The van der Waals surface area contributed by atoms with Gasteiger partial charge in [-0.2, -0.15) is 0 Å². The van der Waals surface area contributed by atoms with Crippen molar-refractivity contribution in [1.29, 1.82) is 0 Å². The minimum absolute atomic E-state index is 0.0590. The van der Waals surface area contributed by atoms with E-state index in [-0.39, 0.29) is 16.5 Å². The van der Waals surface area contributed by atoms with Gasteiger partial charge >= 0.3 is 0 Å². The number of pyridine rings is 1. The molecule has 0 fully saturated rings. The maximum absolute atomic E-state index is 12.9. The van der Waals surface area contributed by atoms with Crippen LogP contribution in [-0.2, 0) is 10.0 Å². The van der Waals surface area contributed by atoms with Gasteiger partial charge in [-0.05, 0) is 73.2 Å². The number of nitrogens with zero attached hydrogens (tertiary/aromatic N) is 1. The van der Waals surface area contributed by atoms with Crippen LogP contribution in [0.3, 0.4) is 0 Å². The summed E-state index contributed by atoms with van der Waals surface area (Å²) in [4.78, 5) is 16.3. The van der Waals surface area contributed by atoms with E-state index in [2.05, 4.69) is 15.0 Å². The summed E-state index contributed by atoms with van der Waals surface area (Å²) in [7, 11) is -3.84. The molecule has 138 valence electrons. The quantitative estimate of drug-likeness (QED) is 0.703. The number of anilines is 2. The summed E-state index contributed by atoms with van der Waals surface area (Å²) in [6.07, 6.45) is 1.60. The monoisotopic (exact) mass is 385 g/mol.